The van der Waals surface area contributed by atoms with E-state index in [1.54, 1.807) is 35.4 Å². The Morgan fingerprint density at radius 1 is 1.07 bits per heavy atom. The second kappa shape index (κ2) is 8.49. The first-order valence-corrected chi connectivity index (χ1v) is 9.64. The molecule has 7 heteroatoms. The zero-order valence-electron chi connectivity index (χ0n) is 17.5. The first kappa shape index (κ1) is 21.2. The second-order valence-electron chi connectivity index (χ2n) is 8.08. The van der Waals surface area contributed by atoms with Gasteiger partial charge in [0.2, 0.25) is 0 Å². The zero-order chi connectivity index (χ0) is 21.9. The Bertz CT molecular complexity index is 1070. The number of carbonyl (C=O) groups excluding carboxylic acids is 1. The Balaban J connectivity index is 2.02. The van der Waals surface area contributed by atoms with E-state index in [9.17, 15) is 14.7 Å². The van der Waals surface area contributed by atoms with Gasteiger partial charge in [0.05, 0.1) is 29.9 Å². The summed E-state index contributed by atoms with van der Waals surface area (Å²) in [6.45, 7) is 7.74. The van der Waals surface area contributed by atoms with Crippen LogP contribution < -0.4 is 0 Å². The number of ether oxygens (including phenoxy) is 1. The highest BCUT2D eigenvalue weighted by molar-refractivity contribution is 6.03. The molecule has 0 aliphatic rings. The average molecular weight is 407 g/mol. The number of carboxylic acids is 1. The number of fused-ring (bicyclic) bond motifs is 1. The van der Waals surface area contributed by atoms with Crippen LogP contribution in [0.2, 0.25) is 0 Å². The van der Waals surface area contributed by atoms with Crippen molar-refractivity contribution in [1.29, 1.82) is 0 Å². The molecule has 1 aromatic carbocycles. The quantitative estimate of drug-likeness (QED) is 0.666. The maximum absolute atomic E-state index is 12.9. The van der Waals surface area contributed by atoms with Gasteiger partial charge in [0, 0.05) is 17.3 Å². The number of hydrogen-bond acceptors (Lipinski definition) is 5. The van der Waals surface area contributed by atoms with Gasteiger partial charge in [-0.2, -0.15) is 0 Å². The molecule has 1 N–H and O–H groups in total. The maximum atomic E-state index is 12.9. The minimum absolute atomic E-state index is 0.176. The molecule has 30 heavy (non-hydrogen) atoms. The van der Waals surface area contributed by atoms with Gasteiger partial charge in [0.25, 0.3) is 0 Å². The molecule has 0 unspecified atom stereocenters. The first-order valence-electron chi connectivity index (χ1n) is 9.64. The smallest absolute Gasteiger partial charge is 0.410 e. The number of aromatic carboxylic acids is 1. The fourth-order valence-electron chi connectivity index (χ4n) is 3.09. The monoisotopic (exact) mass is 407 g/mol. The van der Waals surface area contributed by atoms with Gasteiger partial charge < -0.3 is 9.84 Å². The molecule has 0 radical (unpaired) electrons. The standard InChI is InChI=1S/C23H25N3O4/c1-15-8-10-18-19(21(27)28)11-9-16(20(18)25-15)13-26(22(29)30-23(2,3)4)14-17-7-5-6-12-24-17/h5-12H,13-14H2,1-4H3,(H,27,28). The van der Waals surface area contributed by atoms with E-state index >= 15 is 0 Å². The van der Waals surface area contributed by atoms with Gasteiger partial charge in [0.15, 0.2) is 0 Å². The summed E-state index contributed by atoms with van der Waals surface area (Å²) < 4.78 is 5.59. The van der Waals surface area contributed by atoms with Crippen LogP contribution in [-0.4, -0.2) is 37.6 Å². The van der Waals surface area contributed by atoms with Crippen LogP contribution in [-0.2, 0) is 17.8 Å². The van der Waals surface area contributed by atoms with E-state index < -0.39 is 17.7 Å². The largest absolute Gasteiger partial charge is 0.478 e. The Hall–Kier alpha value is -3.48. The van der Waals surface area contributed by atoms with Crippen LogP contribution in [0.25, 0.3) is 10.9 Å². The van der Waals surface area contributed by atoms with Crippen LogP contribution in [0.5, 0.6) is 0 Å². The van der Waals surface area contributed by atoms with E-state index in [0.29, 0.717) is 10.9 Å². The Kier molecular flexibility index (Phi) is 6.01. The van der Waals surface area contributed by atoms with E-state index in [-0.39, 0.29) is 18.7 Å². The highest BCUT2D eigenvalue weighted by Crippen LogP contribution is 2.24. The number of carboxylic acid groups (broad SMARTS) is 1. The number of benzene rings is 1. The fourth-order valence-corrected chi connectivity index (χ4v) is 3.09. The molecule has 0 bridgehead atoms. The topological polar surface area (TPSA) is 92.6 Å². The molecule has 2 heterocycles. The second-order valence-corrected chi connectivity index (χ2v) is 8.08. The summed E-state index contributed by atoms with van der Waals surface area (Å²) in [6.07, 6.45) is 1.20. The van der Waals surface area contributed by atoms with Crippen molar-refractivity contribution < 1.29 is 19.4 Å². The van der Waals surface area contributed by atoms with Gasteiger partial charge in [0.1, 0.15) is 5.60 Å². The molecule has 3 aromatic rings. The van der Waals surface area contributed by atoms with E-state index in [1.807, 2.05) is 45.9 Å². The summed E-state index contributed by atoms with van der Waals surface area (Å²) in [5, 5.41) is 10.0. The van der Waals surface area contributed by atoms with Gasteiger partial charge in [-0.1, -0.05) is 18.2 Å². The number of nitrogens with zero attached hydrogens (tertiary/aromatic N) is 3. The fraction of sp³-hybridized carbons (Fsp3) is 0.304. The van der Waals surface area contributed by atoms with E-state index in [4.69, 9.17) is 4.74 Å². The first-order chi connectivity index (χ1) is 14.1. The minimum atomic E-state index is -1.02. The highest BCUT2D eigenvalue weighted by Gasteiger charge is 2.24. The van der Waals surface area contributed by atoms with E-state index in [1.165, 1.54) is 0 Å². The van der Waals surface area contributed by atoms with Crippen molar-refractivity contribution in [3.8, 4) is 0 Å². The summed E-state index contributed by atoms with van der Waals surface area (Å²) in [4.78, 5) is 34.9. The maximum Gasteiger partial charge on any atom is 0.410 e. The van der Waals surface area contributed by atoms with E-state index in [2.05, 4.69) is 9.97 Å². The lowest BCUT2D eigenvalue weighted by Gasteiger charge is -2.27. The van der Waals surface area contributed by atoms with Crippen LogP contribution in [0.15, 0.2) is 48.7 Å². The van der Waals surface area contributed by atoms with Gasteiger partial charge >= 0.3 is 12.1 Å². The predicted molar refractivity (Wildman–Crippen MR) is 113 cm³/mol. The van der Waals surface area contributed by atoms with Gasteiger partial charge in [-0.3, -0.25) is 14.9 Å². The third-order valence-corrected chi connectivity index (χ3v) is 4.40. The van der Waals surface area contributed by atoms with Crippen LogP contribution >= 0.6 is 0 Å². The molecule has 0 saturated heterocycles. The Morgan fingerprint density at radius 3 is 2.47 bits per heavy atom. The van der Waals surface area contributed by atoms with Crippen molar-refractivity contribution in [2.45, 2.75) is 46.4 Å². The third kappa shape index (κ3) is 5.11. The van der Waals surface area contributed by atoms with Gasteiger partial charge in [-0.15, -0.1) is 0 Å². The molecular formula is C23H25N3O4. The van der Waals surface area contributed by atoms with Crippen LogP contribution in [0.4, 0.5) is 4.79 Å². The lowest BCUT2D eigenvalue weighted by atomic mass is 10.0. The number of aromatic nitrogens is 2. The molecule has 3 rings (SSSR count). The molecule has 2 aromatic heterocycles. The van der Waals surface area contributed by atoms with Gasteiger partial charge in [-0.25, -0.2) is 9.59 Å². The lowest BCUT2D eigenvalue weighted by molar-refractivity contribution is 0.0214. The normalized spacial score (nSPS) is 11.3. The Morgan fingerprint density at radius 2 is 1.83 bits per heavy atom. The van der Waals surface area contributed by atoms with Crippen molar-refractivity contribution in [1.82, 2.24) is 14.9 Å². The van der Waals surface area contributed by atoms with Crippen molar-refractivity contribution in [2.24, 2.45) is 0 Å². The molecule has 0 aliphatic heterocycles. The molecule has 7 nitrogen and oxygen atoms in total. The van der Waals surface area contributed by atoms with Gasteiger partial charge in [-0.05, 0) is 57.5 Å². The molecule has 0 saturated carbocycles. The van der Waals surface area contributed by atoms with Crippen LogP contribution in [0, 0.1) is 6.92 Å². The summed E-state index contributed by atoms with van der Waals surface area (Å²) in [7, 11) is 0. The predicted octanol–water partition coefficient (Wildman–Crippen LogP) is 4.57. The van der Waals surface area contributed by atoms with Crippen LogP contribution in [0.3, 0.4) is 0 Å². The summed E-state index contributed by atoms with van der Waals surface area (Å²) in [6, 6.07) is 12.3. The number of carbonyl (C=O) groups is 2. The average Bonchev–Trinajstić information content (AvgIpc) is 2.67. The molecule has 0 aliphatic carbocycles. The summed E-state index contributed by atoms with van der Waals surface area (Å²) in [5.41, 5.74) is 2.31. The third-order valence-electron chi connectivity index (χ3n) is 4.40. The molecule has 156 valence electrons. The summed E-state index contributed by atoms with van der Waals surface area (Å²) in [5.74, 6) is -1.02. The van der Waals surface area contributed by atoms with Crippen molar-refractivity contribution in [2.75, 3.05) is 0 Å². The molecule has 0 spiro atoms. The zero-order valence-corrected chi connectivity index (χ0v) is 17.5. The van der Waals surface area contributed by atoms with Crippen molar-refractivity contribution in [3.05, 3.63) is 71.2 Å². The molecule has 1 amide bonds. The van der Waals surface area contributed by atoms with Crippen molar-refractivity contribution >= 4 is 23.0 Å². The van der Waals surface area contributed by atoms with Crippen molar-refractivity contribution in [3.63, 3.8) is 0 Å². The van der Waals surface area contributed by atoms with Crippen LogP contribution in [0.1, 0.15) is 48.1 Å². The lowest BCUT2D eigenvalue weighted by Crippen LogP contribution is -2.36. The number of rotatable bonds is 5. The highest BCUT2D eigenvalue weighted by atomic mass is 16.6. The molecular weight excluding hydrogens is 382 g/mol. The number of pyridine rings is 2. The van der Waals surface area contributed by atoms with E-state index in [0.717, 1.165) is 17.0 Å². The number of amides is 1. The minimum Gasteiger partial charge on any atom is -0.478 e. The molecule has 0 fully saturated rings. The SMILES string of the molecule is Cc1ccc2c(C(=O)O)ccc(CN(Cc3ccccn3)C(=O)OC(C)(C)C)c2n1. The molecule has 0 atom stereocenters. The summed E-state index contributed by atoms with van der Waals surface area (Å²) >= 11 is 0. The number of hydrogen-bond donors (Lipinski definition) is 1. The number of aryl methyl sites for hydroxylation is 1. The Labute approximate surface area is 175 Å².